The van der Waals surface area contributed by atoms with Gasteiger partial charge in [0.25, 0.3) is 0 Å². The molecule has 0 radical (unpaired) electrons. The van der Waals surface area contributed by atoms with Crippen molar-refractivity contribution < 1.29 is 4.79 Å². The molecule has 2 bridgehead atoms. The average molecular weight is 259 g/mol. The van der Waals surface area contributed by atoms with E-state index in [2.05, 4.69) is 5.32 Å². The lowest BCUT2D eigenvalue weighted by Crippen LogP contribution is -2.69. The quantitative estimate of drug-likeness (QED) is 0.810. The van der Waals surface area contributed by atoms with E-state index in [1.165, 1.54) is 44.9 Å². The molecule has 4 aliphatic rings. The van der Waals surface area contributed by atoms with Gasteiger partial charge in [-0.15, -0.1) is 12.4 Å². The van der Waals surface area contributed by atoms with E-state index in [9.17, 15) is 4.79 Å². The molecule has 4 rings (SSSR count). The topological polar surface area (TPSA) is 55.1 Å². The Kier molecular flexibility index (Phi) is 3.69. The highest BCUT2D eigenvalue weighted by atomic mass is 35.5. The van der Waals surface area contributed by atoms with E-state index in [0.717, 1.165) is 12.3 Å². The first-order chi connectivity index (χ1) is 7.67. The molecule has 4 aliphatic carbocycles. The number of hydrogen-bond donors (Lipinski definition) is 2. The van der Waals surface area contributed by atoms with Crippen molar-refractivity contribution in [2.24, 2.45) is 17.6 Å². The van der Waals surface area contributed by atoms with E-state index in [-0.39, 0.29) is 29.9 Å². The van der Waals surface area contributed by atoms with Gasteiger partial charge in [-0.05, 0) is 37.5 Å². The number of hydrogen-bond acceptors (Lipinski definition) is 2. The zero-order valence-electron chi connectivity index (χ0n) is 10.3. The van der Waals surface area contributed by atoms with Crippen molar-refractivity contribution in [2.75, 3.05) is 0 Å². The summed E-state index contributed by atoms with van der Waals surface area (Å²) in [5.41, 5.74) is 6.18. The van der Waals surface area contributed by atoms with Gasteiger partial charge in [0.15, 0.2) is 0 Å². The van der Waals surface area contributed by atoms with Crippen LogP contribution in [0.2, 0.25) is 0 Å². The predicted octanol–water partition coefficient (Wildman–Crippen LogP) is 1.98. The molecule has 0 saturated heterocycles. The molecule has 0 spiro atoms. The van der Waals surface area contributed by atoms with Gasteiger partial charge in [0.05, 0.1) is 6.04 Å². The summed E-state index contributed by atoms with van der Waals surface area (Å²) in [6.45, 7) is 0. The first-order valence-electron chi connectivity index (χ1n) is 6.74. The molecule has 3 nitrogen and oxygen atoms in total. The molecule has 4 heteroatoms. The van der Waals surface area contributed by atoms with Crippen molar-refractivity contribution in [3.63, 3.8) is 0 Å². The fourth-order valence-corrected chi connectivity index (χ4v) is 3.70. The van der Waals surface area contributed by atoms with Gasteiger partial charge >= 0.3 is 0 Å². The van der Waals surface area contributed by atoms with E-state index in [4.69, 9.17) is 5.73 Å². The van der Waals surface area contributed by atoms with Gasteiger partial charge in [-0.2, -0.15) is 0 Å². The van der Waals surface area contributed by atoms with Crippen molar-refractivity contribution >= 4 is 18.3 Å². The summed E-state index contributed by atoms with van der Waals surface area (Å²) in [5, 5.41) is 3.17. The fraction of sp³-hybridized carbons (Fsp3) is 0.923. The van der Waals surface area contributed by atoms with Crippen LogP contribution < -0.4 is 11.1 Å². The normalized spacial score (nSPS) is 36.4. The maximum absolute atomic E-state index is 11.9. The second-order valence-electron chi connectivity index (χ2n) is 6.24. The summed E-state index contributed by atoms with van der Waals surface area (Å²) in [6.07, 6.45) is 9.70. The lowest BCUT2D eigenvalue weighted by Gasteiger charge is -2.62. The Hall–Kier alpha value is -0.280. The van der Waals surface area contributed by atoms with Crippen LogP contribution in [0.3, 0.4) is 0 Å². The molecule has 0 heterocycles. The summed E-state index contributed by atoms with van der Waals surface area (Å²) in [4.78, 5) is 11.9. The number of nitrogens with two attached hydrogens (primary N) is 1. The van der Waals surface area contributed by atoms with Gasteiger partial charge < -0.3 is 11.1 Å². The minimum Gasteiger partial charge on any atom is -0.349 e. The Labute approximate surface area is 109 Å². The minimum atomic E-state index is -0.267. The molecule has 0 aromatic carbocycles. The Balaban J connectivity index is 0.00000108. The van der Waals surface area contributed by atoms with Crippen LogP contribution in [0, 0.1) is 11.8 Å². The van der Waals surface area contributed by atoms with Crippen molar-refractivity contribution in [1.82, 2.24) is 5.32 Å². The van der Waals surface area contributed by atoms with E-state index >= 15 is 0 Å². The van der Waals surface area contributed by atoms with Crippen LogP contribution in [0.4, 0.5) is 0 Å². The van der Waals surface area contributed by atoms with Crippen LogP contribution in [0.1, 0.15) is 51.4 Å². The maximum Gasteiger partial charge on any atom is 0.237 e. The SMILES string of the molecule is Cl.NC(CC1CCCC1)C(=O)NC12CC(C1)C2. The van der Waals surface area contributed by atoms with E-state index in [1.807, 2.05) is 0 Å². The molecule has 1 unspecified atom stereocenters. The Morgan fingerprint density at radius 1 is 1.29 bits per heavy atom. The smallest absolute Gasteiger partial charge is 0.237 e. The van der Waals surface area contributed by atoms with Gasteiger partial charge in [-0.25, -0.2) is 0 Å². The van der Waals surface area contributed by atoms with Crippen LogP contribution in [0.15, 0.2) is 0 Å². The molecule has 4 saturated carbocycles. The molecule has 1 amide bonds. The molecule has 3 N–H and O–H groups in total. The second-order valence-corrected chi connectivity index (χ2v) is 6.24. The average Bonchev–Trinajstić information content (AvgIpc) is 2.61. The highest BCUT2D eigenvalue weighted by Crippen LogP contribution is 2.56. The highest BCUT2D eigenvalue weighted by molar-refractivity contribution is 5.85. The summed E-state index contributed by atoms with van der Waals surface area (Å²) in [6, 6.07) is -0.267. The summed E-state index contributed by atoms with van der Waals surface area (Å²) >= 11 is 0. The zero-order chi connectivity index (χ0) is 11.2. The number of carbonyl (C=O) groups excluding carboxylic acids is 1. The molecule has 17 heavy (non-hydrogen) atoms. The summed E-state index contributed by atoms with van der Waals surface area (Å²) in [5.74, 6) is 1.71. The van der Waals surface area contributed by atoms with Crippen LogP contribution >= 0.6 is 12.4 Å². The number of carbonyl (C=O) groups is 1. The zero-order valence-corrected chi connectivity index (χ0v) is 11.1. The fourth-order valence-electron chi connectivity index (χ4n) is 3.70. The highest BCUT2D eigenvalue weighted by Gasteiger charge is 2.57. The third-order valence-electron chi connectivity index (χ3n) is 4.83. The van der Waals surface area contributed by atoms with Gasteiger partial charge in [-0.1, -0.05) is 25.7 Å². The van der Waals surface area contributed by atoms with Gasteiger partial charge in [0.2, 0.25) is 5.91 Å². The van der Waals surface area contributed by atoms with Gasteiger partial charge in [0.1, 0.15) is 0 Å². The standard InChI is InChI=1S/C13H22N2O.ClH/c14-11(5-9-3-1-2-4-9)12(16)15-13-6-10(7-13)8-13;/h9-11H,1-8,14H2,(H,15,16);1H. The Morgan fingerprint density at radius 3 is 2.35 bits per heavy atom. The second kappa shape index (κ2) is 4.77. The first kappa shape index (κ1) is 13.2. The molecule has 0 aromatic rings. The first-order valence-corrected chi connectivity index (χ1v) is 6.74. The van der Waals surface area contributed by atoms with E-state index < -0.39 is 0 Å². The molecule has 1 atom stereocenters. The van der Waals surface area contributed by atoms with Gasteiger partial charge in [-0.3, -0.25) is 4.79 Å². The maximum atomic E-state index is 11.9. The van der Waals surface area contributed by atoms with E-state index in [1.54, 1.807) is 0 Å². The summed E-state index contributed by atoms with van der Waals surface area (Å²) in [7, 11) is 0. The molecule has 98 valence electrons. The molecule has 0 aromatic heterocycles. The lowest BCUT2D eigenvalue weighted by molar-refractivity contribution is -0.134. The van der Waals surface area contributed by atoms with Crippen LogP contribution in [-0.2, 0) is 4.79 Å². The van der Waals surface area contributed by atoms with Crippen molar-refractivity contribution in [3.8, 4) is 0 Å². The predicted molar refractivity (Wildman–Crippen MR) is 70.0 cm³/mol. The van der Waals surface area contributed by atoms with Crippen molar-refractivity contribution in [2.45, 2.75) is 62.9 Å². The molecular formula is C13H23ClN2O. The third-order valence-corrected chi connectivity index (χ3v) is 4.83. The van der Waals surface area contributed by atoms with Crippen LogP contribution in [-0.4, -0.2) is 17.5 Å². The van der Waals surface area contributed by atoms with Crippen LogP contribution in [0.5, 0.6) is 0 Å². The number of halogens is 1. The van der Waals surface area contributed by atoms with Crippen molar-refractivity contribution in [1.29, 1.82) is 0 Å². The largest absolute Gasteiger partial charge is 0.349 e. The van der Waals surface area contributed by atoms with Gasteiger partial charge in [0, 0.05) is 5.54 Å². The molecular weight excluding hydrogens is 236 g/mol. The number of nitrogens with one attached hydrogen (secondary N) is 1. The number of rotatable bonds is 4. The third kappa shape index (κ3) is 2.45. The molecule has 0 aliphatic heterocycles. The Bertz CT molecular complexity index is 285. The van der Waals surface area contributed by atoms with Crippen molar-refractivity contribution in [3.05, 3.63) is 0 Å². The minimum absolute atomic E-state index is 0. The Morgan fingerprint density at radius 2 is 1.88 bits per heavy atom. The lowest BCUT2D eigenvalue weighted by atomic mass is 9.50. The van der Waals surface area contributed by atoms with E-state index in [0.29, 0.717) is 5.92 Å². The monoisotopic (exact) mass is 258 g/mol. The molecule has 4 fully saturated rings. The number of amides is 1. The summed E-state index contributed by atoms with van der Waals surface area (Å²) < 4.78 is 0. The van der Waals surface area contributed by atoms with Crippen LogP contribution in [0.25, 0.3) is 0 Å².